The lowest BCUT2D eigenvalue weighted by Gasteiger charge is -2.45. The number of benzene rings is 2. The van der Waals surface area contributed by atoms with Crippen LogP contribution in [-0.2, 0) is 36.4 Å². The van der Waals surface area contributed by atoms with Gasteiger partial charge in [0.1, 0.15) is 11.2 Å². The molecule has 6 rings (SSSR count). The smallest absolute Gasteiger partial charge is 0.317 e. The summed E-state index contributed by atoms with van der Waals surface area (Å²) in [6.07, 6.45) is 7.45. The molecule has 4 aliphatic rings. The Labute approximate surface area is 275 Å². The number of carboxylic acid groups (broad SMARTS) is 1. The summed E-state index contributed by atoms with van der Waals surface area (Å²) in [5, 5.41) is 21.9. The van der Waals surface area contributed by atoms with Gasteiger partial charge in [0.2, 0.25) is 5.91 Å². The van der Waals surface area contributed by atoms with Crippen molar-refractivity contribution in [3.8, 4) is 5.75 Å². The molecule has 2 aromatic rings. The first kappa shape index (κ1) is 32.4. The van der Waals surface area contributed by atoms with Gasteiger partial charge in [0.25, 0.3) is 0 Å². The number of aliphatic hydroxyl groups is 1. The zero-order valence-corrected chi connectivity index (χ0v) is 27.3. The summed E-state index contributed by atoms with van der Waals surface area (Å²) >= 11 is 6.42. The normalized spacial score (nSPS) is 30.3. The van der Waals surface area contributed by atoms with Gasteiger partial charge >= 0.3 is 11.9 Å². The van der Waals surface area contributed by atoms with Crippen LogP contribution in [0.2, 0.25) is 5.02 Å². The lowest BCUT2D eigenvalue weighted by atomic mass is 9.68. The molecule has 2 aromatic carbocycles. The molecule has 9 nitrogen and oxygen atoms in total. The van der Waals surface area contributed by atoms with Crippen molar-refractivity contribution in [3.63, 3.8) is 0 Å². The van der Waals surface area contributed by atoms with E-state index < -0.39 is 29.9 Å². The third-order valence-electron chi connectivity index (χ3n) is 10.8. The van der Waals surface area contributed by atoms with E-state index in [2.05, 4.69) is 17.0 Å². The average Bonchev–Trinajstić information content (AvgIpc) is 3.16. The summed E-state index contributed by atoms with van der Waals surface area (Å²) in [6.45, 7) is 2.11. The molecule has 46 heavy (non-hydrogen) atoms. The Kier molecular flexibility index (Phi) is 9.09. The molecule has 1 fully saturated rings. The van der Waals surface area contributed by atoms with Crippen LogP contribution < -0.4 is 9.64 Å². The summed E-state index contributed by atoms with van der Waals surface area (Å²) in [4.78, 5) is 43.4. The van der Waals surface area contributed by atoms with Crippen LogP contribution in [-0.4, -0.2) is 79.5 Å². The predicted molar refractivity (Wildman–Crippen MR) is 174 cm³/mol. The standard InChI is InChI=1S/C36H43ClN2O7/c1-38-15-4-3-7-30(40)27-11-8-24(27)20-39-21-35(14-5-6-23-16-26(37)10-12-28(23)35)22-46-31-13-9-25(17-29(31)39)36(18-32(38)41,19-33(42)43)34(44)45-2/h3,7,9-10,12-13,16-17,24,27,30,40H,4-6,8,11,14-15,18-22H2,1-2H3,(H,42,43)/b7-3+/t24-,27+,30-,35-,36-/m0/s1. The van der Waals surface area contributed by atoms with Crippen molar-refractivity contribution in [1.29, 1.82) is 0 Å². The van der Waals surface area contributed by atoms with Crippen molar-refractivity contribution in [1.82, 2.24) is 4.90 Å². The number of esters is 1. The van der Waals surface area contributed by atoms with Gasteiger partial charge in [-0.05, 0) is 91.3 Å². The Bertz CT molecular complexity index is 1540. The Balaban J connectivity index is 1.51. The monoisotopic (exact) mass is 650 g/mol. The minimum atomic E-state index is -1.74. The number of fused-ring (bicyclic) bond motifs is 4. The third-order valence-corrected chi connectivity index (χ3v) is 11.1. The van der Waals surface area contributed by atoms with Gasteiger partial charge in [0, 0.05) is 43.5 Å². The number of aliphatic hydroxyl groups excluding tert-OH is 1. The molecular weight excluding hydrogens is 608 g/mol. The molecule has 2 aliphatic carbocycles. The van der Waals surface area contributed by atoms with E-state index in [4.69, 9.17) is 21.1 Å². The van der Waals surface area contributed by atoms with E-state index in [9.17, 15) is 24.6 Å². The SMILES string of the molecule is COC(=O)[C@]1(CC(=O)O)CC(=O)N(C)CC/C=C/[C@H](O)[C@@H]2CC[C@H]2CN2C[C@@]3(CCCc4cc(Cl)ccc43)COc3ccc1cc32. The van der Waals surface area contributed by atoms with Crippen LogP contribution in [0.1, 0.15) is 61.6 Å². The highest BCUT2D eigenvalue weighted by molar-refractivity contribution is 6.30. The third kappa shape index (κ3) is 5.99. The van der Waals surface area contributed by atoms with E-state index in [0.717, 1.165) is 37.8 Å². The largest absolute Gasteiger partial charge is 0.490 e. The first-order valence-corrected chi connectivity index (χ1v) is 16.6. The summed E-state index contributed by atoms with van der Waals surface area (Å²) in [5.41, 5.74) is 1.53. The highest BCUT2D eigenvalue weighted by atomic mass is 35.5. The number of ether oxygens (including phenoxy) is 2. The maximum absolute atomic E-state index is 13.6. The molecular formula is C36H43ClN2O7. The highest BCUT2D eigenvalue weighted by Crippen LogP contribution is 2.48. The molecule has 1 amide bonds. The van der Waals surface area contributed by atoms with Crippen LogP contribution in [0, 0.1) is 11.8 Å². The minimum absolute atomic E-state index is 0.0916. The van der Waals surface area contributed by atoms with Crippen molar-refractivity contribution < 1.29 is 34.1 Å². The highest BCUT2D eigenvalue weighted by Gasteiger charge is 2.48. The van der Waals surface area contributed by atoms with Crippen molar-refractivity contribution in [2.75, 3.05) is 45.3 Å². The Morgan fingerprint density at radius 1 is 1.17 bits per heavy atom. The Morgan fingerprint density at radius 2 is 2.00 bits per heavy atom. The van der Waals surface area contributed by atoms with Gasteiger partial charge < -0.3 is 29.5 Å². The molecule has 2 bridgehead atoms. The first-order valence-electron chi connectivity index (χ1n) is 16.3. The Morgan fingerprint density at radius 3 is 2.74 bits per heavy atom. The lowest BCUT2D eigenvalue weighted by Crippen LogP contribution is -2.49. The number of carboxylic acids is 1. The van der Waals surface area contributed by atoms with Gasteiger partial charge in [-0.2, -0.15) is 0 Å². The lowest BCUT2D eigenvalue weighted by molar-refractivity contribution is -0.155. The van der Waals surface area contributed by atoms with E-state index in [0.29, 0.717) is 49.0 Å². The summed E-state index contributed by atoms with van der Waals surface area (Å²) in [5.74, 6) is -1.39. The first-order chi connectivity index (χ1) is 22.0. The fourth-order valence-electron chi connectivity index (χ4n) is 8.11. The number of aryl methyl sites for hydroxylation is 1. The number of hydrogen-bond acceptors (Lipinski definition) is 7. The molecule has 2 heterocycles. The van der Waals surface area contributed by atoms with Gasteiger partial charge in [-0.1, -0.05) is 35.9 Å². The summed E-state index contributed by atoms with van der Waals surface area (Å²) in [6, 6.07) is 11.5. The number of carbonyl (C=O) groups is 3. The molecule has 0 radical (unpaired) electrons. The van der Waals surface area contributed by atoms with Crippen molar-refractivity contribution in [2.45, 2.75) is 68.3 Å². The molecule has 246 valence electrons. The maximum atomic E-state index is 13.6. The fourth-order valence-corrected chi connectivity index (χ4v) is 8.31. The number of anilines is 1. The number of amides is 1. The van der Waals surface area contributed by atoms with Gasteiger partial charge in [0.05, 0.1) is 31.9 Å². The molecule has 2 aliphatic heterocycles. The zero-order chi connectivity index (χ0) is 32.6. The van der Waals surface area contributed by atoms with Gasteiger partial charge in [0.15, 0.2) is 0 Å². The molecule has 1 saturated carbocycles. The summed E-state index contributed by atoms with van der Waals surface area (Å²) < 4.78 is 11.9. The van der Waals surface area contributed by atoms with Gasteiger partial charge in [-0.15, -0.1) is 0 Å². The van der Waals surface area contributed by atoms with Crippen LogP contribution in [0.25, 0.3) is 0 Å². The molecule has 0 saturated heterocycles. The molecule has 2 N–H and O–H groups in total. The van der Waals surface area contributed by atoms with Crippen molar-refractivity contribution in [2.24, 2.45) is 11.8 Å². The fraction of sp³-hybridized carbons (Fsp3) is 0.528. The van der Waals surface area contributed by atoms with Crippen molar-refractivity contribution >= 4 is 35.1 Å². The van der Waals surface area contributed by atoms with E-state index in [1.54, 1.807) is 19.2 Å². The zero-order valence-electron chi connectivity index (χ0n) is 26.5. The second kappa shape index (κ2) is 12.9. The minimum Gasteiger partial charge on any atom is -0.490 e. The second-order valence-electron chi connectivity index (χ2n) is 13.6. The number of carbonyl (C=O) groups excluding carboxylic acids is 2. The number of rotatable bonds is 3. The van der Waals surface area contributed by atoms with Gasteiger partial charge in [-0.25, -0.2) is 0 Å². The predicted octanol–water partition coefficient (Wildman–Crippen LogP) is 4.89. The topological polar surface area (TPSA) is 117 Å². The number of nitrogens with zero attached hydrogens (tertiary/aromatic N) is 2. The number of hydrogen-bond donors (Lipinski definition) is 2. The van der Waals surface area contributed by atoms with Crippen LogP contribution >= 0.6 is 11.6 Å². The number of aliphatic carboxylic acids is 1. The molecule has 0 aromatic heterocycles. The Hall–Kier alpha value is -3.56. The molecule has 1 spiro atoms. The average molecular weight is 651 g/mol. The van der Waals surface area contributed by atoms with Crippen molar-refractivity contribution in [3.05, 3.63) is 70.3 Å². The second-order valence-corrected chi connectivity index (χ2v) is 14.1. The maximum Gasteiger partial charge on any atom is 0.317 e. The van der Waals surface area contributed by atoms with Crippen LogP contribution in [0.5, 0.6) is 5.75 Å². The van der Waals surface area contributed by atoms with E-state index >= 15 is 0 Å². The van der Waals surface area contributed by atoms with E-state index in [1.807, 2.05) is 24.3 Å². The quantitative estimate of drug-likeness (QED) is 0.356. The van der Waals surface area contributed by atoms with Gasteiger partial charge in [-0.3, -0.25) is 14.4 Å². The molecule has 10 heteroatoms. The van der Waals surface area contributed by atoms with Crippen LogP contribution in [0.15, 0.2) is 48.6 Å². The summed E-state index contributed by atoms with van der Waals surface area (Å²) in [7, 11) is 2.86. The molecule has 5 atom stereocenters. The number of methoxy groups -OCH3 is 1. The van der Waals surface area contributed by atoms with E-state index in [-0.39, 0.29) is 29.6 Å². The van der Waals surface area contributed by atoms with Crippen LogP contribution in [0.4, 0.5) is 5.69 Å². The van der Waals surface area contributed by atoms with E-state index in [1.165, 1.54) is 23.1 Å². The number of halogens is 1. The van der Waals surface area contributed by atoms with Crippen LogP contribution in [0.3, 0.4) is 0 Å². The molecule has 0 unspecified atom stereocenters.